The van der Waals surface area contributed by atoms with Gasteiger partial charge in [-0.05, 0) is 50.2 Å². The van der Waals surface area contributed by atoms with E-state index in [1.54, 1.807) is 0 Å². The normalized spacial score (nSPS) is 13.9. The number of hydrogen-bond acceptors (Lipinski definition) is 7. The van der Waals surface area contributed by atoms with Gasteiger partial charge >= 0.3 is 12.1 Å². The lowest BCUT2D eigenvalue weighted by molar-refractivity contribution is -0.166. The fourth-order valence-corrected chi connectivity index (χ4v) is 5.06. The molecular weight excluding hydrogens is 479 g/mol. The number of ether oxygens (including phenoxy) is 4. The predicted octanol–water partition coefficient (Wildman–Crippen LogP) is 4.09. The predicted molar refractivity (Wildman–Crippen MR) is 113 cm³/mol. The summed E-state index contributed by atoms with van der Waals surface area (Å²) in [6.45, 7) is 2.40. The number of fused-ring (bicyclic) bond motifs is 2. The van der Waals surface area contributed by atoms with Crippen LogP contribution >= 0.6 is 0 Å². The number of aromatic nitrogens is 1. The summed E-state index contributed by atoms with van der Waals surface area (Å²) in [5.74, 6) is -0.107. The van der Waals surface area contributed by atoms with Crippen LogP contribution in [0.15, 0.2) is 47.4 Å². The van der Waals surface area contributed by atoms with E-state index in [1.165, 1.54) is 45.2 Å². The lowest BCUT2D eigenvalue weighted by Gasteiger charge is -2.22. The monoisotopic (exact) mass is 499 g/mol. The molecule has 2 heterocycles. The molecule has 1 aliphatic rings. The highest BCUT2D eigenvalue weighted by molar-refractivity contribution is 7.90. The number of carbonyl (C=O) groups is 1. The molecule has 0 saturated heterocycles. The number of esters is 1. The van der Waals surface area contributed by atoms with E-state index in [4.69, 9.17) is 14.2 Å². The molecule has 1 aromatic heterocycles. The molecule has 0 amide bonds. The van der Waals surface area contributed by atoms with Crippen LogP contribution in [0, 0.1) is 0 Å². The molecule has 8 nitrogen and oxygen atoms in total. The molecule has 34 heavy (non-hydrogen) atoms. The van der Waals surface area contributed by atoms with Crippen molar-refractivity contribution < 1.29 is 45.3 Å². The fourth-order valence-electron chi connectivity index (χ4n) is 3.51. The van der Waals surface area contributed by atoms with Crippen LogP contribution in [0.5, 0.6) is 11.5 Å². The van der Waals surface area contributed by atoms with Gasteiger partial charge in [-0.2, -0.15) is 13.2 Å². The van der Waals surface area contributed by atoms with Crippen molar-refractivity contribution in [3.63, 3.8) is 0 Å². The summed E-state index contributed by atoms with van der Waals surface area (Å²) in [4.78, 5) is 11.8. The number of methoxy groups -OCH3 is 1. The molecular formula is C22H20F3NO7S. The summed E-state index contributed by atoms with van der Waals surface area (Å²) in [6, 6.07) is 8.03. The van der Waals surface area contributed by atoms with Gasteiger partial charge in [-0.1, -0.05) is 0 Å². The molecule has 0 bridgehead atoms. The second-order valence-corrected chi connectivity index (χ2v) is 9.77. The molecule has 0 saturated carbocycles. The van der Waals surface area contributed by atoms with Crippen molar-refractivity contribution in [3.8, 4) is 11.5 Å². The van der Waals surface area contributed by atoms with Crippen molar-refractivity contribution in [2.45, 2.75) is 37.1 Å². The van der Waals surface area contributed by atoms with E-state index in [2.05, 4.69) is 4.74 Å². The SMILES string of the molecule is COC(=O)C(C)(C)OCc1cc2cc(C(F)(F)F)ccc2n1S(=O)(=O)c1ccc2c(c1)OCO2. The highest BCUT2D eigenvalue weighted by Crippen LogP contribution is 2.37. The molecule has 12 heteroatoms. The van der Waals surface area contributed by atoms with Crippen LogP contribution in [-0.2, 0) is 37.1 Å². The van der Waals surface area contributed by atoms with Crippen molar-refractivity contribution in [1.29, 1.82) is 0 Å². The Kier molecular flexibility index (Phi) is 5.76. The molecule has 182 valence electrons. The molecule has 0 unspecified atom stereocenters. The Morgan fingerprint density at radius 1 is 1.06 bits per heavy atom. The Bertz CT molecular complexity index is 1380. The number of rotatable bonds is 6. The minimum absolute atomic E-state index is 0.0140. The van der Waals surface area contributed by atoms with Gasteiger partial charge in [0.15, 0.2) is 17.1 Å². The lowest BCUT2D eigenvalue weighted by atomic mass is 10.1. The maximum Gasteiger partial charge on any atom is 0.416 e. The van der Waals surface area contributed by atoms with Crippen LogP contribution < -0.4 is 9.47 Å². The molecule has 0 N–H and O–H groups in total. The minimum atomic E-state index is -4.62. The molecule has 2 aromatic carbocycles. The van der Waals surface area contributed by atoms with Crippen LogP contribution in [-0.4, -0.2) is 37.9 Å². The summed E-state index contributed by atoms with van der Waals surface area (Å²) in [5, 5.41) is 0.0358. The summed E-state index contributed by atoms with van der Waals surface area (Å²) in [5.41, 5.74) is -2.33. The summed E-state index contributed by atoms with van der Waals surface area (Å²) in [7, 11) is -3.14. The summed E-state index contributed by atoms with van der Waals surface area (Å²) in [6.07, 6.45) is -4.62. The van der Waals surface area contributed by atoms with Gasteiger partial charge in [-0.15, -0.1) is 0 Å². The number of halogens is 3. The minimum Gasteiger partial charge on any atom is -0.467 e. The van der Waals surface area contributed by atoms with E-state index in [1.807, 2.05) is 0 Å². The van der Waals surface area contributed by atoms with Crippen LogP contribution in [0.2, 0.25) is 0 Å². The molecule has 3 aromatic rings. The Hall–Kier alpha value is -3.25. The highest BCUT2D eigenvalue weighted by Gasteiger charge is 2.34. The van der Waals surface area contributed by atoms with E-state index in [-0.39, 0.29) is 34.0 Å². The zero-order chi connectivity index (χ0) is 24.9. The Morgan fingerprint density at radius 3 is 2.44 bits per heavy atom. The van der Waals surface area contributed by atoms with E-state index >= 15 is 0 Å². The van der Waals surface area contributed by atoms with Crippen molar-refractivity contribution in [2.24, 2.45) is 0 Å². The molecule has 1 aliphatic heterocycles. The van der Waals surface area contributed by atoms with Gasteiger partial charge in [-0.25, -0.2) is 17.2 Å². The third kappa shape index (κ3) is 4.18. The first-order valence-electron chi connectivity index (χ1n) is 9.94. The maximum atomic E-state index is 13.6. The van der Waals surface area contributed by atoms with Gasteiger partial charge in [0.25, 0.3) is 10.0 Å². The first kappa shape index (κ1) is 23.9. The molecule has 0 spiro atoms. The Balaban J connectivity index is 1.85. The topological polar surface area (TPSA) is 93.1 Å². The average Bonchev–Trinajstić information content (AvgIpc) is 3.39. The number of carbonyl (C=O) groups excluding carboxylic acids is 1. The van der Waals surface area contributed by atoms with Gasteiger partial charge in [0.1, 0.15) is 0 Å². The molecule has 0 aliphatic carbocycles. The maximum absolute atomic E-state index is 13.6. The summed E-state index contributed by atoms with van der Waals surface area (Å²) < 4.78 is 88.7. The van der Waals surface area contributed by atoms with Gasteiger partial charge in [0.05, 0.1) is 35.4 Å². The second kappa shape index (κ2) is 8.20. The Morgan fingerprint density at radius 2 is 1.76 bits per heavy atom. The zero-order valence-electron chi connectivity index (χ0n) is 18.3. The number of alkyl halides is 3. The third-order valence-corrected chi connectivity index (χ3v) is 7.06. The largest absolute Gasteiger partial charge is 0.467 e. The van der Waals surface area contributed by atoms with Crippen LogP contribution in [0.3, 0.4) is 0 Å². The third-order valence-electron chi connectivity index (χ3n) is 5.30. The van der Waals surface area contributed by atoms with Crippen molar-refractivity contribution >= 4 is 26.9 Å². The number of hydrogen-bond donors (Lipinski definition) is 0. The smallest absolute Gasteiger partial charge is 0.416 e. The quantitative estimate of drug-likeness (QED) is 0.472. The van der Waals surface area contributed by atoms with Crippen LogP contribution in [0.25, 0.3) is 10.9 Å². The molecule has 0 fully saturated rings. The van der Waals surface area contributed by atoms with Crippen molar-refractivity contribution in [1.82, 2.24) is 3.97 Å². The van der Waals surface area contributed by atoms with E-state index in [0.717, 1.165) is 22.2 Å². The van der Waals surface area contributed by atoms with E-state index in [0.29, 0.717) is 5.75 Å². The second-order valence-electron chi connectivity index (χ2n) is 7.98. The number of benzene rings is 2. The van der Waals surface area contributed by atoms with Gasteiger partial charge in [-0.3, -0.25) is 0 Å². The van der Waals surface area contributed by atoms with Crippen LogP contribution in [0.1, 0.15) is 25.1 Å². The lowest BCUT2D eigenvalue weighted by Crippen LogP contribution is -2.36. The first-order chi connectivity index (χ1) is 15.8. The average molecular weight is 499 g/mol. The fraction of sp³-hybridized carbons (Fsp3) is 0.318. The molecule has 0 radical (unpaired) electrons. The summed E-state index contributed by atoms with van der Waals surface area (Å²) >= 11 is 0. The van der Waals surface area contributed by atoms with Crippen molar-refractivity contribution in [2.75, 3.05) is 13.9 Å². The zero-order valence-corrected chi connectivity index (χ0v) is 19.1. The number of nitrogens with zero attached hydrogens (tertiary/aromatic N) is 1. The molecule has 4 rings (SSSR count). The highest BCUT2D eigenvalue weighted by atomic mass is 32.2. The van der Waals surface area contributed by atoms with E-state index in [9.17, 15) is 26.4 Å². The Labute approximate surface area is 192 Å². The van der Waals surface area contributed by atoms with Crippen molar-refractivity contribution in [3.05, 3.63) is 53.7 Å². The first-order valence-corrected chi connectivity index (χ1v) is 11.4. The van der Waals surface area contributed by atoms with Gasteiger partial charge < -0.3 is 18.9 Å². The van der Waals surface area contributed by atoms with E-state index < -0.39 is 39.9 Å². The van der Waals surface area contributed by atoms with Crippen LogP contribution in [0.4, 0.5) is 13.2 Å². The van der Waals surface area contributed by atoms with Gasteiger partial charge in [0.2, 0.25) is 6.79 Å². The molecule has 0 atom stereocenters. The standard InChI is InChI=1S/C22H20F3NO7S/c1-21(2,20(27)30-3)33-11-15-9-13-8-14(22(23,24)25)4-6-17(13)26(15)34(28,29)16-5-7-18-19(10-16)32-12-31-18/h4-10H,11-12H2,1-3H3. The van der Waals surface area contributed by atoms with Gasteiger partial charge in [0, 0.05) is 11.5 Å².